The molecule has 5 nitrogen and oxygen atoms in total. The largest absolute Gasteiger partial charge is 0.385 e. The third-order valence-electron chi connectivity index (χ3n) is 3.35. The number of ether oxygens (including phenoxy) is 1. The third kappa shape index (κ3) is 5.63. The maximum absolute atomic E-state index is 6.06. The summed E-state index contributed by atoms with van der Waals surface area (Å²) in [5.41, 5.74) is 2.05. The molecule has 0 fully saturated rings. The van der Waals surface area contributed by atoms with E-state index >= 15 is 0 Å². The van der Waals surface area contributed by atoms with E-state index < -0.39 is 0 Å². The summed E-state index contributed by atoms with van der Waals surface area (Å²) in [6, 6.07) is 7.52. The Hall–Kier alpha value is -1.34. The molecule has 24 heavy (non-hydrogen) atoms. The molecule has 0 saturated heterocycles. The van der Waals surface area contributed by atoms with Crippen LogP contribution in [0.3, 0.4) is 0 Å². The average Bonchev–Trinajstić information content (AvgIpc) is 2.87. The fraction of sp³-hybridized carbons (Fsp3) is 0.375. The lowest BCUT2D eigenvalue weighted by molar-refractivity contribution is 0.196. The molecule has 0 bridgehead atoms. The van der Waals surface area contributed by atoms with E-state index in [1.165, 1.54) is 0 Å². The zero-order chi connectivity index (χ0) is 17.5. The van der Waals surface area contributed by atoms with Gasteiger partial charge in [0.05, 0.1) is 16.6 Å². The third-order valence-corrected chi connectivity index (χ3v) is 4.34. The van der Waals surface area contributed by atoms with E-state index in [2.05, 4.69) is 15.7 Å². The molecule has 1 heterocycles. The van der Waals surface area contributed by atoms with Crippen LogP contribution in [0.2, 0.25) is 10.0 Å². The molecule has 0 radical (unpaired) electrons. The molecule has 8 heteroatoms. The van der Waals surface area contributed by atoms with Crippen molar-refractivity contribution >= 4 is 46.4 Å². The van der Waals surface area contributed by atoms with E-state index in [4.69, 9.17) is 40.2 Å². The predicted octanol–water partition coefficient (Wildman–Crippen LogP) is 3.87. The first kappa shape index (κ1) is 19.0. The quantitative estimate of drug-likeness (QED) is 0.558. The first-order chi connectivity index (χ1) is 11.5. The predicted molar refractivity (Wildman–Crippen MR) is 103 cm³/mol. The number of aryl methyl sites for hydroxylation is 1. The molecule has 1 aromatic carbocycles. The van der Waals surface area contributed by atoms with Gasteiger partial charge in [-0.25, -0.2) is 0 Å². The number of hydrogen-bond acceptors (Lipinski definition) is 3. The van der Waals surface area contributed by atoms with Gasteiger partial charge in [-0.1, -0.05) is 29.3 Å². The summed E-state index contributed by atoms with van der Waals surface area (Å²) >= 11 is 17.3. The molecule has 0 saturated carbocycles. The zero-order valence-electron chi connectivity index (χ0n) is 13.6. The number of aromatic nitrogens is 2. The van der Waals surface area contributed by atoms with Crippen LogP contribution in [0.4, 0.5) is 5.82 Å². The highest BCUT2D eigenvalue weighted by atomic mass is 35.5. The van der Waals surface area contributed by atoms with Gasteiger partial charge in [-0.2, -0.15) is 5.10 Å². The molecule has 0 aliphatic carbocycles. The molecular formula is C16H20Cl2N4OS. The second kappa shape index (κ2) is 9.22. The van der Waals surface area contributed by atoms with Crippen molar-refractivity contribution in [3.8, 4) is 0 Å². The van der Waals surface area contributed by atoms with Crippen LogP contribution < -0.4 is 10.6 Å². The van der Waals surface area contributed by atoms with E-state index in [0.717, 1.165) is 24.2 Å². The lowest BCUT2D eigenvalue weighted by atomic mass is 10.2. The monoisotopic (exact) mass is 386 g/mol. The van der Waals surface area contributed by atoms with Crippen LogP contribution in [0.1, 0.15) is 17.7 Å². The van der Waals surface area contributed by atoms with Crippen molar-refractivity contribution < 1.29 is 4.74 Å². The Labute approximate surface area is 157 Å². The van der Waals surface area contributed by atoms with Crippen molar-refractivity contribution in [2.45, 2.75) is 19.9 Å². The van der Waals surface area contributed by atoms with Gasteiger partial charge in [0.25, 0.3) is 0 Å². The first-order valence-electron chi connectivity index (χ1n) is 7.51. The molecule has 2 rings (SSSR count). The van der Waals surface area contributed by atoms with Crippen molar-refractivity contribution in [2.24, 2.45) is 0 Å². The smallest absolute Gasteiger partial charge is 0.171 e. The SMILES string of the molecule is COCCCNC(=S)Nc1cc(C)n(Cc2ccc(Cl)c(Cl)c2)n1. The summed E-state index contributed by atoms with van der Waals surface area (Å²) in [4.78, 5) is 0. The fourth-order valence-electron chi connectivity index (χ4n) is 2.12. The van der Waals surface area contributed by atoms with Crippen LogP contribution in [-0.2, 0) is 11.3 Å². The molecule has 0 amide bonds. The van der Waals surface area contributed by atoms with Gasteiger partial charge in [-0.15, -0.1) is 0 Å². The van der Waals surface area contributed by atoms with Gasteiger partial charge in [-0.05, 0) is 43.3 Å². The molecule has 0 aliphatic heterocycles. The molecule has 2 N–H and O–H groups in total. The highest BCUT2D eigenvalue weighted by molar-refractivity contribution is 7.80. The van der Waals surface area contributed by atoms with Gasteiger partial charge in [0.1, 0.15) is 0 Å². The summed E-state index contributed by atoms with van der Waals surface area (Å²) in [6.45, 7) is 4.05. The van der Waals surface area contributed by atoms with E-state index in [1.807, 2.05) is 29.8 Å². The number of nitrogens with zero attached hydrogens (tertiary/aromatic N) is 2. The Balaban J connectivity index is 1.94. The van der Waals surface area contributed by atoms with Crippen molar-refractivity contribution in [1.82, 2.24) is 15.1 Å². The summed E-state index contributed by atoms with van der Waals surface area (Å²) in [5.74, 6) is 0.705. The van der Waals surface area contributed by atoms with Gasteiger partial charge in [0.15, 0.2) is 10.9 Å². The number of benzene rings is 1. The maximum Gasteiger partial charge on any atom is 0.171 e. The van der Waals surface area contributed by atoms with Crippen molar-refractivity contribution in [3.63, 3.8) is 0 Å². The van der Waals surface area contributed by atoms with Crippen molar-refractivity contribution in [3.05, 3.63) is 45.6 Å². The average molecular weight is 387 g/mol. The van der Waals surface area contributed by atoms with Gasteiger partial charge in [0.2, 0.25) is 0 Å². The molecule has 0 atom stereocenters. The normalized spacial score (nSPS) is 10.7. The molecule has 0 unspecified atom stereocenters. The van der Waals surface area contributed by atoms with Gasteiger partial charge >= 0.3 is 0 Å². The van der Waals surface area contributed by atoms with Gasteiger partial charge in [0, 0.05) is 32.0 Å². The molecular weight excluding hydrogens is 367 g/mol. The Bertz CT molecular complexity index is 705. The van der Waals surface area contributed by atoms with Gasteiger partial charge in [-0.3, -0.25) is 4.68 Å². The Morgan fingerprint density at radius 2 is 2.08 bits per heavy atom. The Kier molecular flexibility index (Phi) is 7.30. The number of hydrogen-bond donors (Lipinski definition) is 2. The van der Waals surface area contributed by atoms with Crippen LogP contribution in [0.5, 0.6) is 0 Å². The number of thiocarbonyl (C=S) groups is 1. The molecule has 0 spiro atoms. The zero-order valence-corrected chi connectivity index (χ0v) is 15.9. The van der Waals surface area contributed by atoms with Crippen molar-refractivity contribution in [1.29, 1.82) is 0 Å². The highest BCUT2D eigenvalue weighted by Crippen LogP contribution is 2.23. The van der Waals surface area contributed by atoms with E-state index in [1.54, 1.807) is 13.2 Å². The molecule has 0 aliphatic rings. The lowest BCUT2D eigenvalue weighted by Crippen LogP contribution is -2.30. The lowest BCUT2D eigenvalue weighted by Gasteiger charge is -2.08. The standard InChI is InChI=1S/C16H20Cl2N4OS/c1-11-8-15(20-16(24)19-6-3-7-23-2)21-22(11)10-12-4-5-13(17)14(18)9-12/h4-5,8-9H,3,6-7,10H2,1-2H3,(H2,19,20,21,24). The Morgan fingerprint density at radius 1 is 1.29 bits per heavy atom. The van der Waals surface area contributed by atoms with Gasteiger partial charge < -0.3 is 15.4 Å². The topological polar surface area (TPSA) is 51.1 Å². The van der Waals surface area contributed by atoms with E-state index in [9.17, 15) is 0 Å². The maximum atomic E-state index is 6.06. The van der Waals surface area contributed by atoms with Crippen LogP contribution in [0.15, 0.2) is 24.3 Å². The Morgan fingerprint density at radius 3 is 2.79 bits per heavy atom. The summed E-state index contributed by atoms with van der Waals surface area (Å²) in [6.07, 6.45) is 0.892. The fourth-order valence-corrected chi connectivity index (χ4v) is 2.65. The second-order valence-electron chi connectivity index (χ2n) is 5.30. The summed E-state index contributed by atoms with van der Waals surface area (Å²) < 4.78 is 6.88. The number of methoxy groups -OCH3 is 1. The van der Waals surface area contributed by atoms with E-state index in [-0.39, 0.29) is 0 Å². The number of nitrogens with one attached hydrogen (secondary N) is 2. The highest BCUT2D eigenvalue weighted by Gasteiger charge is 2.07. The molecule has 1 aromatic heterocycles. The van der Waals surface area contributed by atoms with E-state index in [0.29, 0.717) is 34.1 Å². The minimum Gasteiger partial charge on any atom is -0.385 e. The van der Waals surface area contributed by atoms with Crippen LogP contribution >= 0.6 is 35.4 Å². The number of halogens is 2. The summed E-state index contributed by atoms with van der Waals surface area (Å²) in [7, 11) is 1.68. The minimum absolute atomic E-state index is 0.541. The van der Waals surface area contributed by atoms with Crippen LogP contribution in [-0.4, -0.2) is 35.2 Å². The molecule has 2 aromatic rings. The molecule has 130 valence electrons. The first-order valence-corrected chi connectivity index (χ1v) is 8.68. The minimum atomic E-state index is 0.541. The van der Waals surface area contributed by atoms with Crippen LogP contribution in [0, 0.1) is 6.92 Å². The summed E-state index contributed by atoms with van der Waals surface area (Å²) in [5, 5.41) is 12.4. The van der Waals surface area contributed by atoms with Crippen molar-refractivity contribution in [2.75, 3.05) is 25.6 Å². The van der Waals surface area contributed by atoms with Crippen LogP contribution in [0.25, 0.3) is 0 Å². The number of anilines is 1. The second-order valence-corrected chi connectivity index (χ2v) is 6.53. The number of rotatable bonds is 7.